The Bertz CT molecular complexity index is 673. The van der Waals surface area contributed by atoms with Gasteiger partial charge in [-0.05, 0) is 17.7 Å². The van der Waals surface area contributed by atoms with E-state index in [9.17, 15) is 0 Å². The van der Waals surface area contributed by atoms with Crippen LogP contribution in [0.3, 0.4) is 0 Å². The smallest absolute Gasteiger partial charge is 0.127 e. The lowest BCUT2D eigenvalue weighted by Crippen LogP contribution is -2.02. The van der Waals surface area contributed by atoms with E-state index in [1.54, 1.807) is 0 Å². The molecule has 3 rings (SSSR count). The van der Waals surface area contributed by atoms with Crippen LogP contribution in [0.1, 0.15) is 16.6 Å². The molecular formula is C15H14N2S. The summed E-state index contributed by atoms with van der Waals surface area (Å²) in [4.78, 5) is 4.68. The molecule has 0 saturated heterocycles. The Morgan fingerprint density at radius 3 is 2.39 bits per heavy atom. The third kappa shape index (κ3) is 1.81. The van der Waals surface area contributed by atoms with Gasteiger partial charge in [-0.2, -0.15) is 12.6 Å². The van der Waals surface area contributed by atoms with Crippen molar-refractivity contribution in [3.8, 4) is 0 Å². The number of hydrogen-bond acceptors (Lipinski definition) is 2. The Labute approximate surface area is 112 Å². The van der Waals surface area contributed by atoms with E-state index in [1.807, 2.05) is 43.4 Å². The third-order valence-electron chi connectivity index (χ3n) is 3.18. The van der Waals surface area contributed by atoms with Crippen molar-refractivity contribution in [2.75, 3.05) is 0 Å². The summed E-state index contributed by atoms with van der Waals surface area (Å²) in [5.74, 6) is 0.978. The maximum atomic E-state index is 4.71. The lowest BCUT2D eigenvalue weighted by molar-refractivity contribution is 0.837. The Balaban J connectivity index is 2.12. The number of hydrogen-bond donors (Lipinski definition) is 1. The highest BCUT2D eigenvalue weighted by molar-refractivity contribution is 7.80. The molecule has 90 valence electrons. The maximum absolute atomic E-state index is 4.71. The van der Waals surface area contributed by atoms with Crippen LogP contribution in [0.5, 0.6) is 0 Å². The minimum Gasteiger partial charge on any atom is -0.330 e. The van der Waals surface area contributed by atoms with Gasteiger partial charge in [-0.3, -0.25) is 0 Å². The van der Waals surface area contributed by atoms with Gasteiger partial charge in [0.15, 0.2) is 0 Å². The van der Waals surface area contributed by atoms with Crippen molar-refractivity contribution in [3.63, 3.8) is 0 Å². The van der Waals surface area contributed by atoms with Gasteiger partial charge in [0, 0.05) is 7.05 Å². The van der Waals surface area contributed by atoms with Crippen LogP contribution in [-0.2, 0) is 7.05 Å². The van der Waals surface area contributed by atoms with Gasteiger partial charge < -0.3 is 4.57 Å². The summed E-state index contributed by atoms with van der Waals surface area (Å²) in [5, 5.41) is 0.00333. The molecule has 0 N–H and O–H groups in total. The third-order valence-corrected chi connectivity index (χ3v) is 3.71. The second-order valence-electron chi connectivity index (χ2n) is 4.33. The van der Waals surface area contributed by atoms with Gasteiger partial charge in [-0.1, -0.05) is 42.5 Å². The monoisotopic (exact) mass is 254 g/mol. The number of aromatic nitrogens is 2. The highest BCUT2D eigenvalue weighted by atomic mass is 32.1. The Morgan fingerprint density at radius 2 is 1.67 bits per heavy atom. The molecule has 1 aromatic heterocycles. The van der Waals surface area contributed by atoms with Crippen molar-refractivity contribution in [2.24, 2.45) is 7.05 Å². The van der Waals surface area contributed by atoms with Crippen LogP contribution >= 0.6 is 12.6 Å². The summed E-state index contributed by atoms with van der Waals surface area (Å²) < 4.78 is 2.11. The van der Waals surface area contributed by atoms with E-state index in [1.165, 1.54) is 5.56 Å². The molecule has 3 aromatic rings. The first-order valence-corrected chi connectivity index (χ1v) is 6.43. The molecule has 0 aliphatic heterocycles. The molecule has 0 aliphatic rings. The largest absolute Gasteiger partial charge is 0.330 e. The molecule has 18 heavy (non-hydrogen) atoms. The first-order chi connectivity index (χ1) is 8.77. The fourth-order valence-electron chi connectivity index (χ4n) is 2.19. The molecule has 0 aliphatic carbocycles. The van der Waals surface area contributed by atoms with Crippen molar-refractivity contribution < 1.29 is 0 Å². The molecule has 0 radical (unpaired) electrons. The fourth-order valence-corrected chi connectivity index (χ4v) is 2.60. The molecule has 0 amide bonds. The van der Waals surface area contributed by atoms with E-state index in [0.29, 0.717) is 0 Å². The summed E-state index contributed by atoms with van der Waals surface area (Å²) in [6.45, 7) is 0. The summed E-state index contributed by atoms with van der Waals surface area (Å²) in [6, 6.07) is 18.4. The van der Waals surface area contributed by atoms with Crippen LogP contribution in [0, 0.1) is 0 Å². The SMILES string of the molecule is Cn1c(C(S)c2ccccc2)nc2ccccc21. The number of rotatable bonds is 2. The van der Waals surface area contributed by atoms with E-state index < -0.39 is 0 Å². The molecule has 3 heteroatoms. The minimum atomic E-state index is 0.00333. The van der Waals surface area contributed by atoms with Crippen molar-refractivity contribution >= 4 is 23.7 Å². The molecule has 0 spiro atoms. The van der Waals surface area contributed by atoms with Crippen LogP contribution in [-0.4, -0.2) is 9.55 Å². The van der Waals surface area contributed by atoms with E-state index in [2.05, 4.69) is 27.8 Å². The fraction of sp³-hybridized carbons (Fsp3) is 0.133. The standard InChI is InChI=1S/C15H14N2S/c1-17-13-10-6-5-9-12(13)16-15(17)14(18)11-7-3-2-4-8-11/h2-10,14,18H,1H3. The van der Waals surface area contributed by atoms with Crippen LogP contribution in [0.2, 0.25) is 0 Å². The number of thiol groups is 1. The number of aryl methyl sites for hydroxylation is 1. The summed E-state index contributed by atoms with van der Waals surface area (Å²) in [5.41, 5.74) is 3.33. The van der Waals surface area contributed by atoms with E-state index in [0.717, 1.165) is 16.9 Å². The molecule has 0 bridgehead atoms. The van der Waals surface area contributed by atoms with Crippen molar-refractivity contribution in [1.82, 2.24) is 9.55 Å². The van der Waals surface area contributed by atoms with Gasteiger partial charge >= 0.3 is 0 Å². The van der Waals surface area contributed by atoms with Crippen LogP contribution in [0.25, 0.3) is 11.0 Å². The Kier molecular flexibility index (Phi) is 2.84. The second kappa shape index (κ2) is 4.50. The average molecular weight is 254 g/mol. The summed E-state index contributed by atoms with van der Waals surface area (Å²) in [7, 11) is 2.04. The molecule has 0 saturated carbocycles. The Morgan fingerprint density at radius 1 is 1.00 bits per heavy atom. The molecule has 0 fully saturated rings. The molecular weight excluding hydrogens is 240 g/mol. The zero-order chi connectivity index (χ0) is 12.5. The quantitative estimate of drug-likeness (QED) is 0.692. The normalized spacial score (nSPS) is 12.8. The van der Waals surface area contributed by atoms with E-state index in [-0.39, 0.29) is 5.25 Å². The van der Waals surface area contributed by atoms with Crippen LogP contribution in [0.15, 0.2) is 54.6 Å². The van der Waals surface area contributed by atoms with Crippen LogP contribution in [0.4, 0.5) is 0 Å². The highest BCUT2D eigenvalue weighted by Gasteiger charge is 2.16. The minimum absolute atomic E-state index is 0.00333. The topological polar surface area (TPSA) is 17.8 Å². The molecule has 2 aromatic carbocycles. The highest BCUT2D eigenvalue weighted by Crippen LogP contribution is 2.29. The van der Waals surface area contributed by atoms with Crippen molar-refractivity contribution in [3.05, 3.63) is 66.0 Å². The predicted molar refractivity (Wildman–Crippen MR) is 78.0 cm³/mol. The zero-order valence-electron chi connectivity index (χ0n) is 10.1. The summed E-state index contributed by atoms with van der Waals surface area (Å²) >= 11 is 4.71. The zero-order valence-corrected chi connectivity index (χ0v) is 11.0. The number of fused-ring (bicyclic) bond motifs is 1. The Hall–Kier alpha value is -1.74. The molecule has 1 unspecified atom stereocenters. The first kappa shape index (κ1) is 11.4. The molecule has 1 atom stereocenters. The number of nitrogens with zero attached hydrogens (tertiary/aromatic N) is 2. The molecule has 1 heterocycles. The average Bonchev–Trinajstić information content (AvgIpc) is 2.77. The van der Waals surface area contributed by atoms with Gasteiger partial charge in [-0.15, -0.1) is 0 Å². The van der Waals surface area contributed by atoms with Gasteiger partial charge in [0.25, 0.3) is 0 Å². The first-order valence-electron chi connectivity index (χ1n) is 5.92. The lowest BCUT2D eigenvalue weighted by atomic mass is 10.1. The number of imidazole rings is 1. The number of para-hydroxylation sites is 2. The van der Waals surface area contributed by atoms with Gasteiger partial charge in [-0.25, -0.2) is 4.98 Å². The lowest BCUT2D eigenvalue weighted by Gasteiger charge is -2.10. The second-order valence-corrected chi connectivity index (χ2v) is 4.85. The molecule has 2 nitrogen and oxygen atoms in total. The van der Waals surface area contributed by atoms with Gasteiger partial charge in [0.1, 0.15) is 5.82 Å². The summed E-state index contributed by atoms with van der Waals surface area (Å²) in [6.07, 6.45) is 0. The van der Waals surface area contributed by atoms with Crippen molar-refractivity contribution in [1.29, 1.82) is 0 Å². The van der Waals surface area contributed by atoms with Crippen molar-refractivity contribution in [2.45, 2.75) is 5.25 Å². The van der Waals surface area contributed by atoms with Crippen LogP contribution < -0.4 is 0 Å². The maximum Gasteiger partial charge on any atom is 0.127 e. The van der Waals surface area contributed by atoms with E-state index >= 15 is 0 Å². The van der Waals surface area contributed by atoms with Gasteiger partial charge in [0.05, 0.1) is 16.3 Å². The number of benzene rings is 2. The van der Waals surface area contributed by atoms with Gasteiger partial charge in [0.2, 0.25) is 0 Å². The predicted octanol–water partition coefficient (Wildman–Crippen LogP) is 3.59. The van der Waals surface area contributed by atoms with E-state index in [4.69, 9.17) is 12.6 Å².